The van der Waals surface area contributed by atoms with Gasteiger partial charge in [0.05, 0.1) is 0 Å². The molecule has 16 heteroatoms. The Labute approximate surface area is 167 Å². The van der Waals surface area contributed by atoms with Crippen molar-refractivity contribution in [2.24, 2.45) is 0 Å². The lowest BCUT2D eigenvalue weighted by Gasteiger charge is -2.39. The molecule has 178 valence electrons. The van der Waals surface area contributed by atoms with Crippen LogP contribution in [0.4, 0.5) is 57.1 Å². The first-order valence-corrected chi connectivity index (χ1v) is 7.85. The van der Waals surface area contributed by atoms with Crippen molar-refractivity contribution in [2.75, 3.05) is 0 Å². The molecule has 3 nitrogen and oxygen atoms in total. The molecule has 1 aromatic carbocycles. The summed E-state index contributed by atoms with van der Waals surface area (Å²) in [5.41, 5.74) is -4.53. The van der Waals surface area contributed by atoms with Crippen molar-refractivity contribution in [2.45, 2.75) is 35.8 Å². The maximum absolute atomic E-state index is 14.2. The van der Waals surface area contributed by atoms with E-state index in [0.717, 1.165) is 12.1 Å². The predicted octanol–water partition coefficient (Wildman–Crippen LogP) is 5.63. The number of nitrogens with one attached hydrogen (secondary N) is 1. The molecule has 0 amide bonds. The minimum absolute atomic E-state index is 0.258. The summed E-state index contributed by atoms with van der Waals surface area (Å²) in [6.45, 7) is 0. The van der Waals surface area contributed by atoms with E-state index in [1.807, 2.05) is 0 Å². The molecule has 0 unspecified atom stereocenters. The number of hydrogen-bond acceptors (Lipinski definition) is 2. The van der Waals surface area contributed by atoms with Gasteiger partial charge in [0.2, 0.25) is 0 Å². The monoisotopic (exact) mass is 490 g/mol. The smallest absolute Gasteiger partial charge is 0.307 e. The van der Waals surface area contributed by atoms with Crippen molar-refractivity contribution in [3.8, 4) is 11.4 Å². The highest BCUT2D eigenvalue weighted by Gasteiger charge is 2.91. The number of hydrogen-bond donors (Lipinski definition) is 1. The van der Waals surface area contributed by atoms with Crippen molar-refractivity contribution in [3.05, 3.63) is 52.4 Å². The fourth-order valence-corrected chi connectivity index (χ4v) is 2.28. The molecule has 0 saturated heterocycles. The highest BCUT2D eigenvalue weighted by molar-refractivity contribution is 5.54. The minimum atomic E-state index is -8.03. The summed E-state index contributed by atoms with van der Waals surface area (Å²) in [4.78, 5) is 16.0. The van der Waals surface area contributed by atoms with Crippen LogP contribution in [0.3, 0.4) is 0 Å². The first-order valence-electron chi connectivity index (χ1n) is 7.85. The number of aromatic amines is 1. The third-order valence-electron chi connectivity index (χ3n) is 4.04. The van der Waals surface area contributed by atoms with E-state index >= 15 is 0 Å². The largest absolute Gasteiger partial charge is 0.460 e. The molecule has 0 fully saturated rings. The zero-order chi connectivity index (χ0) is 25.0. The fraction of sp³-hybridized carbons (Fsp3) is 0.375. The van der Waals surface area contributed by atoms with Crippen LogP contribution >= 0.6 is 0 Å². The van der Waals surface area contributed by atoms with Gasteiger partial charge in [0.25, 0.3) is 5.56 Å². The summed E-state index contributed by atoms with van der Waals surface area (Å²) in [5, 5.41) is 0. The van der Waals surface area contributed by atoms with Crippen LogP contribution in [-0.2, 0) is 5.92 Å². The number of nitrogens with zero attached hydrogens (tertiary/aromatic N) is 1. The third kappa shape index (κ3) is 3.58. The van der Waals surface area contributed by atoms with Gasteiger partial charge < -0.3 is 4.98 Å². The lowest BCUT2D eigenvalue weighted by molar-refractivity contribution is -0.442. The second kappa shape index (κ2) is 7.37. The van der Waals surface area contributed by atoms with Crippen molar-refractivity contribution in [1.82, 2.24) is 9.97 Å². The topological polar surface area (TPSA) is 45.8 Å². The van der Waals surface area contributed by atoms with Crippen LogP contribution in [0.1, 0.15) is 5.69 Å². The Hall–Kier alpha value is -2.81. The highest BCUT2D eigenvalue weighted by atomic mass is 19.4. The van der Waals surface area contributed by atoms with Gasteiger partial charge in [-0.1, -0.05) is 30.3 Å². The predicted molar refractivity (Wildman–Crippen MR) is 80.0 cm³/mol. The van der Waals surface area contributed by atoms with Crippen molar-refractivity contribution >= 4 is 0 Å². The lowest BCUT2D eigenvalue weighted by atomic mass is 9.92. The average molecular weight is 490 g/mol. The van der Waals surface area contributed by atoms with Gasteiger partial charge >= 0.3 is 35.8 Å². The van der Waals surface area contributed by atoms with Crippen LogP contribution in [-0.4, -0.2) is 39.8 Å². The van der Waals surface area contributed by atoms with Gasteiger partial charge in [-0.05, 0) is 0 Å². The average Bonchev–Trinajstić information content (AvgIpc) is 2.66. The number of benzene rings is 1. The minimum Gasteiger partial charge on any atom is -0.307 e. The Morgan fingerprint density at radius 1 is 0.656 bits per heavy atom. The molecule has 0 atom stereocenters. The summed E-state index contributed by atoms with van der Waals surface area (Å²) in [5.74, 6) is -39.0. The summed E-state index contributed by atoms with van der Waals surface area (Å²) in [7, 11) is 0. The second-order valence-corrected chi connectivity index (χ2v) is 6.21. The molecule has 0 aliphatic rings. The third-order valence-corrected chi connectivity index (χ3v) is 4.04. The number of halogens is 13. The maximum Gasteiger partial charge on any atom is 0.460 e. The van der Waals surface area contributed by atoms with Crippen LogP contribution in [0.15, 0.2) is 41.2 Å². The van der Waals surface area contributed by atoms with E-state index in [1.165, 1.54) is 18.2 Å². The Kier molecular flexibility index (Phi) is 5.86. The van der Waals surface area contributed by atoms with E-state index in [2.05, 4.69) is 4.98 Å². The molecule has 0 saturated carbocycles. The summed E-state index contributed by atoms with van der Waals surface area (Å²) < 4.78 is 172. The van der Waals surface area contributed by atoms with Crippen molar-refractivity contribution in [3.63, 3.8) is 0 Å². The van der Waals surface area contributed by atoms with Gasteiger partial charge in [-0.2, -0.15) is 57.1 Å². The van der Waals surface area contributed by atoms with Crippen LogP contribution in [0.2, 0.25) is 0 Å². The first-order chi connectivity index (χ1) is 14.2. The summed E-state index contributed by atoms with van der Waals surface area (Å²) >= 11 is 0. The Morgan fingerprint density at radius 2 is 1.12 bits per heavy atom. The second-order valence-electron chi connectivity index (χ2n) is 6.21. The van der Waals surface area contributed by atoms with E-state index in [1.54, 1.807) is 4.98 Å². The normalized spacial score (nSPS) is 14.5. The van der Waals surface area contributed by atoms with Crippen molar-refractivity contribution < 1.29 is 57.1 Å². The molecule has 32 heavy (non-hydrogen) atoms. The van der Waals surface area contributed by atoms with Crippen LogP contribution in [0.25, 0.3) is 11.4 Å². The molecular formula is C16H7F13N2O. The van der Waals surface area contributed by atoms with E-state index < -0.39 is 58.9 Å². The fourth-order valence-electron chi connectivity index (χ4n) is 2.28. The van der Waals surface area contributed by atoms with E-state index in [-0.39, 0.29) is 5.56 Å². The quantitative estimate of drug-likeness (QED) is 0.534. The van der Waals surface area contributed by atoms with Gasteiger partial charge in [0.15, 0.2) is 0 Å². The molecule has 0 bridgehead atoms. The zero-order valence-electron chi connectivity index (χ0n) is 14.7. The number of aromatic nitrogens is 2. The van der Waals surface area contributed by atoms with Gasteiger partial charge in [0.1, 0.15) is 11.5 Å². The van der Waals surface area contributed by atoms with Crippen LogP contribution < -0.4 is 5.56 Å². The number of alkyl halides is 13. The Bertz CT molecular complexity index is 1030. The van der Waals surface area contributed by atoms with Gasteiger partial charge in [-0.3, -0.25) is 4.79 Å². The molecule has 0 aliphatic heterocycles. The summed E-state index contributed by atoms with van der Waals surface area (Å²) in [6, 6.07) is 5.40. The Morgan fingerprint density at radius 3 is 1.59 bits per heavy atom. The van der Waals surface area contributed by atoms with Gasteiger partial charge in [-0.25, -0.2) is 4.98 Å². The molecule has 1 heterocycles. The van der Waals surface area contributed by atoms with Crippen LogP contribution in [0, 0.1) is 0 Å². The molecule has 2 aromatic rings. The first kappa shape index (κ1) is 25.5. The lowest BCUT2D eigenvalue weighted by Crippen LogP contribution is -2.69. The molecular weight excluding hydrogens is 483 g/mol. The van der Waals surface area contributed by atoms with Crippen LogP contribution in [0.5, 0.6) is 0 Å². The standard InChI is InChI=1S/C16H7F13N2O/c17-11(18,8-6-9(32)31-10(30-8)7-4-2-1-3-5-7)12(19,20)13(21,22)14(23,24)15(25,26)16(27,28)29/h1-6H,(H,30,31,32). The highest BCUT2D eigenvalue weighted by Crippen LogP contribution is 2.61. The molecule has 0 aliphatic carbocycles. The maximum atomic E-state index is 14.2. The summed E-state index contributed by atoms with van der Waals surface area (Å²) in [6.07, 6.45) is -7.51. The van der Waals surface area contributed by atoms with E-state index in [0.29, 0.717) is 0 Å². The molecule has 1 aromatic heterocycles. The Balaban J connectivity index is 2.67. The SMILES string of the molecule is O=c1cc(C(F)(F)C(F)(F)C(F)(F)C(F)(F)C(F)(F)C(F)(F)F)nc(-c2ccccc2)[nH]1. The number of H-pyrrole nitrogens is 1. The molecule has 1 N–H and O–H groups in total. The molecule has 0 spiro atoms. The van der Waals surface area contributed by atoms with Gasteiger partial charge in [0, 0.05) is 11.6 Å². The van der Waals surface area contributed by atoms with E-state index in [4.69, 9.17) is 0 Å². The zero-order valence-corrected chi connectivity index (χ0v) is 14.7. The van der Waals surface area contributed by atoms with E-state index in [9.17, 15) is 61.9 Å². The van der Waals surface area contributed by atoms with Crippen molar-refractivity contribution in [1.29, 1.82) is 0 Å². The molecule has 2 rings (SSSR count). The van der Waals surface area contributed by atoms with Gasteiger partial charge in [-0.15, -0.1) is 0 Å². The molecule has 0 radical (unpaired) electrons. The number of rotatable bonds is 6.